The minimum atomic E-state index is -0.310. The van der Waals surface area contributed by atoms with E-state index in [-0.39, 0.29) is 11.7 Å². The molecule has 0 fully saturated rings. The van der Waals surface area contributed by atoms with Crippen LogP contribution in [0.15, 0.2) is 51.9 Å². The lowest BCUT2D eigenvalue weighted by Crippen LogP contribution is -2.16. The number of aromatic nitrogens is 1. The van der Waals surface area contributed by atoms with Gasteiger partial charge in [0.15, 0.2) is 10.6 Å². The van der Waals surface area contributed by atoms with Gasteiger partial charge in [-0.05, 0) is 54.0 Å². The quantitative estimate of drug-likeness (QED) is 0.608. The van der Waals surface area contributed by atoms with Crippen LogP contribution < -0.4 is 4.80 Å². The first-order valence-corrected chi connectivity index (χ1v) is 9.10. The number of aryl methyl sites for hydroxylation is 1. The van der Waals surface area contributed by atoms with Gasteiger partial charge in [0.2, 0.25) is 0 Å². The summed E-state index contributed by atoms with van der Waals surface area (Å²) < 4.78 is 4.08. The van der Waals surface area contributed by atoms with Crippen LogP contribution in [0.3, 0.4) is 0 Å². The lowest BCUT2D eigenvalue weighted by Gasteiger charge is -2.02. The van der Waals surface area contributed by atoms with Crippen LogP contribution in [0.1, 0.15) is 34.6 Å². The molecule has 6 heteroatoms. The molecule has 3 aromatic rings. The van der Waals surface area contributed by atoms with Crippen LogP contribution in [0, 0.1) is 0 Å². The molecule has 0 saturated carbocycles. The van der Waals surface area contributed by atoms with Crippen LogP contribution >= 0.6 is 27.3 Å². The standard InChI is InChI=1S/C18H15BrN2O2S/c1-3-21-16-14(19)5-4-6-15(16)24-18(21)20-17(23)13-9-7-12(8-10-13)11(2)22/h4-10H,3H2,1-2H3. The zero-order chi connectivity index (χ0) is 17.3. The van der Waals surface area contributed by atoms with E-state index >= 15 is 0 Å². The molecule has 0 aliphatic heterocycles. The van der Waals surface area contributed by atoms with Crippen LogP contribution in [0.5, 0.6) is 0 Å². The fourth-order valence-corrected chi connectivity index (χ4v) is 4.30. The normalized spacial score (nSPS) is 11.9. The van der Waals surface area contributed by atoms with E-state index in [1.807, 2.05) is 29.7 Å². The molecular weight excluding hydrogens is 388 g/mol. The van der Waals surface area contributed by atoms with Crippen molar-refractivity contribution in [2.45, 2.75) is 20.4 Å². The topological polar surface area (TPSA) is 51.4 Å². The first kappa shape index (κ1) is 16.8. The number of para-hydroxylation sites is 1. The molecule has 122 valence electrons. The zero-order valence-corrected chi connectivity index (χ0v) is 15.6. The molecule has 4 nitrogen and oxygen atoms in total. The Morgan fingerprint density at radius 3 is 2.42 bits per heavy atom. The monoisotopic (exact) mass is 402 g/mol. The van der Waals surface area contributed by atoms with E-state index in [1.54, 1.807) is 24.3 Å². The summed E-state index contributed by atoms with van der Waals surface area (Å²) in [4.78, 5) is 28.7. The number of carbonyl (C=O) groups excluding carboxylic acids is 2. The molecular formula is C18H15BrN2O2S. The van der Waals surface area contributed by atoms with Crippen molar-refractivity contribution in [1.29, 1.82) is 0 Å². The van der Waals surface area contributed by atoms with E-state index in [2.05, 4.69) is 20.9 Å². The van der Waals surface area contributed by atoms with Gasteiger partial charge in [-0.3, -0.25) is 9.59 Å². The molecule has 0 aliphatic rings. The lowest BCUT2D eigenvalue weighted by atomic mass is 10.1. The molecule has 1 aromatic heterocycles. The molecule has 0 unspecified atom stereocenters. The molecule has 24 heavy (non-hydrogen) atoms. The van der Waals surface area contributed by atoms with E-state index in [0.717, 1.165) is 21.2 Å². The summed E-state index contributed by atoms with van der Waals surface area (Å²) in [6, 6.07) is 12.6. The van der Waals surface area contributed by atoms with Crippen molar-refractivity contribution >= 4 is 49.2 Å². The van der Waals surface area contributed by atoms with Crippen molar-refractivity contribution in [3.05, 3.63) is 62.9 Å². The minimum Gasteiger partial charge on any atom is -0.316 e. The average Bonchev–Trinajstić information content (AvgIpc) is 2.93. The average molecular weight is 403 g/mol. The second kappa shape index (κ2) is 6.83. The fraction of sp³-hybridized carbons (Fsp3) is 0.167. The number of fused-ring (bicyclic) bond motifs is 1. The Kier molecular flexibility index (Phi) is 4.78. The van der Waals surface area contributed by atoms with Gasteiger partial charge in [-0.2, -0.15) is 4.99 Å². The van der Waals surface area contributed by atoms with Gasteiger partial charge in [-0.25, -0.2) is 0 Å². The van der Waals surface area contributed by atoms with Crippen molar-refractivity contribution in [2.24, 2.45) is 4.99 Å². The molecule has 1 heterocycles. The van der Waals surface area contributed by atoms with E-state index < -0.39 is 0 Å². The summed E-state index contributed by atoms with van der Waals surface area (Å²) in [6.45, 7) is 4.25. The smallest absolute Gasteiger partial charge is 0.279 e. The summed E-state index contributed by atoms with van der Waals surface area (Å²) in [5, 5.41) is 0. The van der Waals surface area contributed by atoms with Gasteiger partial charge in [-0.1, -0.05) is 29.5 Å². The Labute approximate surface area is 151 Å². The maximum atomic E-state index is 12.5. The van der Waals surface area contributed by atoms with Crippen LogP contribution in [-0.4, -0.2) is 16.3 Å². The molecule has 0 aliphatic carbocycles. The van der Waals surface area contributed by atoms with Crippen molar-refractivity contribution in [2.75, 3.05) is 0 Å². The molecule has 0 N–H and O–H groups in total. The molecule has 1 amide bonds. The minimum absolute atomic E-state index is 0.0240. The largest absolute Gasteiger partial charge is 0.316 e. The fourth-order valence-electron chi connectivity index (χ4n) is 2.46. The maximum Gasteiger partial charge on any atom is 0.279 e. The molecule has 0 spiro atoms. The van der Waals surface area contributed by atoms with Gasteiger partial charge in [0, 0.05) is 22.1 Å². The number of carbonyl (C=O) groups is 2. The summed E-state index contributed by atoms with van der Waals surface area (Å²) >= 11 is 5.05. The maximum absolute atomic E-state index is 12.5. The highest BCUT2D eigenvalue weighted by molar-refractivity contribution is 9.10. The SMILES string of the molecule is CCn1c(=NC(=O)c2ccc(C(C)=O)cc2)sc2cccc(Br)c21. The summed E-state index contributed by atoms with van der Waals surface area (Å²) in [6.07, 6.45) is 0. The second-order valence-corrected chi connectivity index (χ2v) is 7.13. The van der Waals surface area contributed by atoms with Crippen molar-refractivity contribution < 1.29 is 9.59 Å². The number of rotatable bonds is 3. The predicted octanol–water partition coefficient (Wildman–Crippen LogP) is 4.43. The first-order chi connectivity index (χ1) is 11.5. The van der Waals surface area contributed by atoms with Gasteiger partial charge in [0.25, 0.3) is 5.91 Å². The van der Waals surface area contributed by atoms with Crippen LogP contribution in [0.4, 0.5) is 0 Å². The molecule has 0 saturated heterocycles. The van der Waals surface area contributed by atoms with Gasteiger partial charge in [-0.15, -0.1) is 0 Å². The second-order valence-electron chi connectivity index (χ2n) is 5.27. The van der Waals surface area contributed by atoms with Gasteiger partial charge >= 0.3 is 0 Å². The predicted molar refractivity (Wildman–Crippen MR) is 99.5 cm³/mol. The van der Waals surface area contributed by atoms with E-state index in [1.165, 1.54) is 18.3 Å². The number of benzene rings is 2. The van der Waals surface area contributed by atoms with E-state index in [4.69, 9.17) is 0 Å². The van der Waals surface area contributed by atoms with Crippen molar-refractivity contribution in [3.63, 3.8) is 0 Å². The number of amides is 1. The number of hydrogen-bond acceptors (Lipinski definition) is 3. The highest BCUT2D eigenvalue weighted by atomic mass is 79.9. The van der Waals surface area contributed by atoms with Gasteiger partial charge in [0.05, 0.1) is 10.2 Å². The summed E-state index contributed by atoms with van der Waals surface area (Å²) in [5.41, 5.74) is 2.10. The van der Waals surface area contributed by atoms with E-state index in [0.29, 0.717) is 15.9 Å². The van der Waals surface area contributed by atoms with Crippen molar-refractivity contribution in [3.8, 4) is 0 Å². The highest BCUT2D eigenvalue weighted by Crippen LogP contribution is 2.25. The molecule has 0 bridgehead atoms. The Balaban J connectivity index is 2.07. The van der Waals surface area contributed by atoms with Gasteiger partial charge < -0.3 is 4.57 Å². The third-order valence-corrected chi connectivity index (χ3v) is 5.39. The Morgan fingerprint density at radius 1 is 1.12 bits per heavy atom. The highest BCUT2D eigenvalue weighted by Gasteiger charge is 2.10. The van der Waals surface area contributed by atoms with Gasteiger partial charge in [0.1, 0.15) is 0 Å². The number of ketones is 1. The summed E-state index contributed by atoms with van der Waals surface area (Å²) in [7, 11) is 0. The molecule has 0 radical (unpaired) electrons. The van der Waals surface area contributed by atoms with Crippen LogP contribution in [0.2, 0.25) is 0 Å². The third-order valence-electron chi connectivity index (χ3n) is 3.70. The van der Waals surface area contributed by atoms with E-state index in [9.17, 15) is 9.59 Å². The Morgan fingerprint density at radius 2 is 1.79 bits per heavy atom. The number of Topliss-reactive ketones (excluding diaryl/α,β-unsaturated/α-hetero) is 1. The third kappa shape index (κ3) is 3.12. The molecule has 3 rings (SSSR count). The van der Waals surface area contributed by atoms with Crippen LogP contribution in [0.25, 0.3) is 10.2 Å². The molecule has 0 atom stereocenters. The Hall–Kier alpha value is -2.05. The number of hydrogen-bond donors (Lipinski definition) is 0. The van der Waals surface area contributed by atoms with Crippen molar-refractivity contribution in [1.82, 2.24) is 4.57 Å². The lowest BCUT2D eigenvalue weighted by molar-refractivity contribution is 0.0991. The first-order valence-electron chi connectivity index (χ1n) is 7.49. The molecule has 2 aromatic carbocycles. The summed E-state index contributed by atoms with van der Waals surface area (Å²) in [5.74, 6) is -0.334. The number of thiazole rings is 1. The Bertz CT molecular complexity index is 1000. The number of nitrogens with zero attached hydrogens (tertiary/aromatic N) is 2. The number of halogens is 1. The van der Waals surface area contributed by atoms with Crippen LogP contribution in [-0.2, 0) is 6.54 Å². The zero-order valence-electron chi connectivity index (χ0n) is 13.2.